The van der Waals surface area contributed by atoms with Gasteiger partial charge in [0.1, 0.15) is 0 Å². The highest BCUT2D eigenvalue weighted by molar-refractivity contribution is 6.12. The van der Waals surface area contributed by atoms with E-state index in [0.29, 0.717) is 19.3 Å². The number of ether oxygens (including phenoxy) is 3. The zero-order chi connectivity index (χ0) is 16.8. The minimum atomic E-state index is -1.63. The SMILES string of the molecule is CCCCOC(=O)C(C(=O)OCCCC)C(=O)OCCCC. The second kappa shape index (κ2) is 13.1. The highest BCUT2D eigenvalue weighted by Crippen LogP contribution is 2.09. The summed E-state index contributed by atoms with van der Waals surface area (Å²) in [4.78, 5) is 35.8. The molecule has 0 unspecified atom stereocenters. The van der Waals surface area contributed by atoms with Gasteiger partial charge in [0, 0.05) is 0 Å². The third-order valence-electron chi connectivity index (χ3n) is 2.93. The normalized spacial score (nSPS) is 10.4. The number of unbranched alkanes of at least 4 members (excludes halogenated alkanes) is 3. The molecule has 0 radical (unpaired) electrons. The van der Waals surface area contributed by atoms with Gasteiger partial charge in [0.2, 0.25) is 0 Å². The van der Waals surface area contributed by atoms with Crippen molar-refractivity contribution >= 4 is 17.9 Å². The van der Waals surface area contributed by atoms with Crippen LogP contribution in [0.2, 0.25) is 0 Å². The van der Waals surface area contributed by atoms with Gasteiger partial charge in [-0.2, -0.15) is 0 Å². The van der Waals surface area contributed by atoms with Crippen LogP contribution in [0.1, 0.15) is 59.3 Å². The Morgan fingerprint density at radius 1 is 0.636 bits per heavy atom. The molecule has 0 aromatic carbocycles. The molecule has 128 valence electrons. The zero-order valence-electron chi connectivity index (χ0n) is 13.9. The number of carbonyl (C=O) groups is 3. The maximum atomic E-state index is 11.9. The van der Waals surface area contributed by atoms with Gasteiger partial charge in [0.15, 0.2) is 0 Å². The van der Waals surface area contributed by atoms with E-state index >= 15 is 0 Å². The molecular formula is C16H28O6. The standard InChI is InChI=1S/C16H28O6/c1-4-7-10-20-14(17)13(15(18)21-11-8-5-2)16(19)22-12-9-6-3/h13H,4-12H2,1-3H3. The maximum Gasteiger partial charge on any atom is 0.331 e. The summed E-state index contributed by atoms with van der Waals surface area (Å²) in [6.07, 6.45) is 4.57. The van der Waals surface area contributed by atoms with E-state index in [1.807, 2.05) is 20.8 Å². The van der Waals surface area contributed by atoms with Crippen LogP contribution in [0.3, 0.4) is 0 Å². The molecule has 6 nitrogen and oxygen atoms in total. The average Bonchev–Trinajstić information content (AvgIpc) is 2.48. The van der Waals surface area contributed by atoms with E-state index in [1.165, 1.54) is 0 Å². The first kappa shape index (κ1) is 20.4. The number of esters is 3. The summed E-state index contributed by atoms with van der Waals surface area (Å²) in [5, 5.41) is 0. The molecule has 0 aliphatic heterocycles. The van der Waals surface area contributed by atoms with Crippen molar-refractivity contribution in [2.45, 2.75) is 59.3 Å². The fraction of sp³-hybridized carbons (Fsp3) is 0.812. The Balaban J connectivity index is 4.62. The first-order chi connectivity index (χ1) is 10.6. The largest absolute Gasteiger partial charge is 0.465 e. The van der Waals surface area contributed by atoms with E-state index < -0.39 is 23.8 Å². The smallest absolute Gasteiger partial charge is 0.331 e. The van der Waals surface area contributed by atoms with Crippen LogP contribution in [0.4, 0.5) is 0 Å². The lowest BCUT2D eigenvalue weighted by Crippen LogP contribution is -2.36. The molecule has 22 heavy (non-hydrogen) atoms. The summed E-state index contributed by atoms with van der Waals surface area (Å²) < 4.78 is 14.9. The molecule has 0 aromatic rings. The molecule has 0 aliphatic rings. The molecule has 0 saturated heterocycles. The second-order valence-electron chi connectivity index (χ2n) is 5.00. The van der Waals surface area contributed by atoms with E-state index in [-0.39, 0.29) is 19.8 Å². The van der Waals surface area contributed by atoms with Gasteiger partial charge in [-0.1, -0.05) is 40.0 Å². The fourth-order valence-electron chi connectivity index (χ4n) is 1.49. The summed E-state index contributed by atoms with van der Waals surface area (Å²) in [5.41, 5.74) is 0. The van der Waals surface area contributed by atoms with Crippen molar-refractivity contribution in [3.63, 3.8) is 0 Å². The Morgan fingerprint density at radius 2 is 0.909 bits per heavy atom. The highest BCUT2D eigenvalue weighted by Gasteiger charge is 2.38. The third-order valence-corrected chi connectivity index (χ3v) is 2.93. The number of carbonyl (C=O) groups excluding carboxylic acids is 3. The Kier molecular flexibility index (Phi) is 12.2. The molecule has 6 heteroatoms. The first-order valence-electron chi connectivity index (χ1n) is 8.08. The van der Waals surface area contributed by atoms with Gasteiger partial charge in [0.05, 0.1) is 19.8 Å². The zero-order valence-corrected chi connectivity index (χ0v) is 13.9. The van der Waals surface area contributed by atoms with Crippen LogP contribution < -0.4 is 0 Å². The summed E-state index contributed by atoms with van der Waals surface area (Å²) in [6, 6.07) is 0. The quantitative estimate of drug-likeness (QED) is 0.238. The van der Waals surface area contributed by atoms with Gasteiger partial charge >= 0.3 is 17.9 Å². The van der Waals surface area contributed by atoms with Crippen molar-refractivity contribution in [3.8, 4) is 0 Å². The van der Waals surface area contributed by atoms with Gasteiger partial charge in [0.25, 0.3) is 5.92 Å². The monoisotopic (exact) mass is 316 g/mol. The Labute approximate surface area is 132 Å². The molecule has 0 aromatic heterocycles. The van der Waals surface area contributed by atoms with E-state index in [1.54, 1.807) is 0 Å². The maximum absolute atomic E-state index is 11.9. The lowest BCUT2D eigenvalue weighted by atomic mass is 10.1. The van der Waals surface area contributed by atoms with Crippen molar-refractivity contribution in [3.05, 3.63) is 0 Å². The van der Waals surface area contributed by atoms with Gasteiger partial charge < -0.3 is 14.2 Å². The molecule has 0 fully saturated rings. The molecule has 0 atom stereocenters. The van der Waals surface area contributed by atoms with Crippen LogP contribution in [0.5, 0.6) is 0 Å². The van der Waals surface area contributed by atoms with Gasteiger partial charge in [-0.25, -0.2) is 0 Å². The fourth-order valence-corrected chi connectivity index (χ4v) is 1.49. The van der Waals surface area contributed by atoms with Gasteiger partial charge in [-0.15, -0.1) is 0 Å². The first-order valence-corrected chi connectivity index (χ1v) is 8.08. The predicted molar refractivity (Wildman–Crippen MR) is 81.1 cm³/mol. The summed E-state index contributed by atoms with van der Waals surface area (Å²) in [6.45, 7) is 6.37. The van der Waals surface area contributed by atoms with Gasteiger partial charge in [-0.05, 0) is 19.3 Å². The minimum absolute atomic E-state index is 0.177. The summed E-state index contributed by atoms with van der Waals surface area (Å²) in [5.74, 6) is -4.31. The number of hydrogen-bond acceptors (Lipinski definition) is 6. The molecule has 0 N–H and O–H groups in total. The molecule has 0 heterocycles. The van der Waals surface area contributed by atoms with Crippen LogP contribution in [0, 0.1) is 5.92 Å². The lowest BCUT2D eigenvalue weighted by molar-refractivity contribution is -0.172. The molecule has 0 rings (SSSR count). The van der Waals surface area contributed by atoms with Gasteiger partial charge in [-0.3, -0.25) is 14.4 Å². The van der Waals surface area contributed by atoms with Crippen LogP contribution >= 0.6 is 0 Å². The van der Waals surface area contributed by atoms with Crippen molar-refractivity contribution in [2.75, 3.05) is 19.8 Å². The lowest BCUT2D eigenvalue weighted by Gasteiger charge is -2.14. The second-order valence-corrected chi connectivity index (χ2v) is 5.00. The number of rotatable bonds is 12. The topological polar surface area (TPSA) is 78.9 Å². The average molecular weight is 316 g/mol. The van der Waals surface area contributed by atoms with Crippen molar-refractivity contribution in [1.29, 1.82) is 0 Å². The Bertz CT molecular complexity index is 287. The molecule has 0 saturated carbocycles. The predicted octanol–water partition coefficient (Wildman–Crippen LogP) is 2.63. The van der Waals surface area contributed by atoms with E-state index in [2.05, 4.69) is 0 Å². The third kappa shape index (κ3) is 8.64. The van der Waals surface area contributed by atoms with Crippen molar-refractivity contribution < 1.29 is 28.6 Å². The van der Waals surface area contributed by atoms with Crippen LogP contribution in [-0.4, -0.2) is 37.7 Å². The van der Waals surface area contributed by atoms with Crippen molar-refractivity contribution in [1.82, 2.24) is 0 Å². The molecular weight excluding hydrogens is 288 g/mol. The highest BCUT2D eigenvalue weighted by atomic mass is 16.6. The molecule has 0 bridgehead atoms. The molecule has 0 spiro atoms. The van der Waals surface area contributed by atoms with Crippen LogP contribution in [0.25, 0.3) is 0 Å². The van der Waals surface area contributed by atoms with E-state index in [0.717, 1.165) is 19.3 Å². The summed E-state index contributed by atoms with van der Waals surface area (Å²) >= 11 is 0. The Morgan fingerprint density at radius 3 is 1.14 bits per heavy atom. The Hall–Kier alpha value is -1.59. The summed E-state index contributed by atoms with van der Waals surface area (Å²) in [7, 11) is 0. The van der Waals surface area contributed by atoms with Crippen LogP contribution in [-0.2, 0) is 28.6 Å². The molecule has 0 aliphatic carbocycles. The minimum Gasteiger partial charge on any atom is -0.465 e. The van der Waals surface area contributed by atoms with Crippen LogP contribution in [0.15, 0.2) is 0 Å². The van der Waals surface area contributed by atoms with E-state index in [9.17, 15) is 14.4 Å². The van der Waals surface area contributed by atoms with E-state index in [4.69, 9.17) is 14.2 Å². The molecule has 0 amide bonds. The number of hydrogen-bond donors (Lipinski definition) is 0. The van der Waals surface area contributed by atoms with Crippen molar-refractivity contribution in [2.24, 2.45) is 5.92 Å².